The van der Waals surface area contributed by atoms with Gasteiger partial charge in [0, 0.05) is 62.4 Å². The third kappa shape index (κ3) is 4.18. The van der Waals surface area contributed by atoms with Crippen LogP contribution in [0.15, 0.2) is 48.8 Å². The molecule has 0 N–H and O–H groups in total. The first kappa shape index (κ1) is 21.1. The van der Waals surface area contributed by atoms with E-state index in [1.54, 1.807) is 12.4 Å². The van der Waals surface area contributed by atoms with Crippen molar-refractivity contribution in [1.29, 1.82) is 0 Å². The Bertz CT molecular complexity index is 1060. The van der Waals surface area contributed by atoms with Gasteiger partial charge < -0.3 is 14.2 Å². The lowest BCUT2D eigenvalue weighted by atomic mass is 9.96. The van der Waals surface area contributed by atoms with Crippen LogP contribution in [-0.4, -0.2) is 60.3 Å². The van der Waals surface area contributed by atoms with Crippen LogP contribution in [0.2, 0.25) is 0 Å². The molecule has 162 valence electrons. The molecule has 1 aliphatic heterocycles. The number of rotatable bonds is 5. The number of ether oxygens (including phenoxy) is 1. The third-order valence-electron chi connectivity index (χ3n) is 6.01. The van der Waals surface area contributed by atoms with Crippen molar-refractivity contribution in [3.8, 4) is 22.3 Å². The maximum atomic E-state index is 13.6. The normalized spacial score (nSPS) is 14.6. The van der Waals surface area contributed by atoms with Gasteiger partial charge in [-0.2, -0.15) is 0 Å². The van der Waals surface area contributed by atoms with Gasteiger partial charge in [0.1, 0.15) is 11.6 Å². The van der Waals surface area contributed by atoms with Crippen LogP contribution >= 0.6 is 0 Å². The number of carbonyl (C=O) groups is 1. The highest BCUT2D eigenvalue weighted by molar-refractivity contribution is 5.93. The molecule has 0 unspecified atom stereocenters. The summed E-state index contributed by atoms with van der Waals surface area (Å²) in [5, 5.41) is 0. The van der Waals surface area contributed by atoms with Crippen LogP contribution in [0.1, 0.15) is 5.69 Å². The molecule has 1 fully saturated rings. The SMILES string of the molecule is COC(=O)CN1CCN(c2c(-c3ccncc3)c(-c3ccc(F)cc3)c(C)n2C)CC1. The number of aromatic nitrogens is 2. The molecule has 7 heteroatoms. The van der Waals surface area contributed by atoms with E-state index in [1.165, 1.54) is 19.2 Å². The standard InChI is InChI=1S/C24H27FN4O2/c1-17-22(18-4-6-20(25)7-5-18)23(19-8-10-26-11-9-19)24(27(17)2)29-14-12-28(13-15-29)16-21(30)31-3/h4-11H,12-16H2,1-3H3. The van der Waals surface area contributed by atoms with E-state index in [-0.39, 0.29) is 11.8 Å². The molecule has 0 amide bonds. The predicted molar refractivity (Wildman–Crippen MR) is 119 cm³/mol. The molecule has 6 nitrogen and oxygen atoms in total. The topological polar surface area (TPSA) is 50.6 Å². The molecular weight excluding hydrogens is 395 g/mol. The molecule has 2 aromatic heterocycles. The fraction of sp³-hybridized carbons (Fsp3) is 0.333. The molecule has 3 heterocycles. The fourth-order valence-corrected chi connectivity index (χ4v) is 4.28. The third-order valence-corrected chi connectivity index (χ3v) is 6.01. The zero-order valence-electron chi connectivity index (χ0n) is 18.1. The molecule has 1 aromatic carbocycles. The highest BCUT2D eigenvalue weighted by Crippen LogP contribution is 2.44. The van der Waals surface area contributed by atoms with E-state index >= 15 is 0 Å². The van der Waals surface area contributed by atoms with E-state index in [2.05, 4.69) is 33.3 Å². The van der Waals surface area contributed by atoms with Crippen molar-refractivity contribution in [2.45, 2.75) is 6.92 Å². The van der Waals surface area contributed by atoms with Gasteiger partial charge in [-0.1, -0.05) is 12.1 Å². The lowest BCUT2D eigenvalue weighted by Gasteiger charge is -2.36. The minimum atomic E-state index is -0.246. The number of carbonyl (C=O) groups excluding carboxylic acids is 1. The minimum absolute atomic E-state index is 0.209. The lowest BCUT2D eigenvalue weighted by molar-refractivity contribution is -0.142. The van der Waals surface area contributed by atoms with Gasteiger partial charge >= 0.3 is 5.97 Å². The van der Waals surface area contributed by atoms with Crippen LogP contribution < -0.4 is 4.90 Å². The van der Waals surface area contributed by atoms with E-state index in [0.29, 0.717) is 6.54 Å². The Hall–Kier alpha value is -3.19. The predicted octanol–water partition coefficient (Wildman–Crippen LogP) is 3.50. The first-order valence-electron chi connectivity index (χ1n) is 10.4. The van der Waals surface area contributed by atoms with E-state index in [9.17, 15) is 9.18 Å². The molecule has 1 saturated heterocycles. The Labute approximate surface area is 181 Å². The molecule has 3 aromatic rings. The summed E-state index contributed by atoms with van der Waals surface area (Å²) in [5.41, 5.74) is 5.39. The van der Waals surface area contributed by atoms with E-state index < -0.39 is 0 Å². The second kappa shape index (κ2) is 8.89. The molecule has 0 bridgehead atoms. The van der Waals surface area contributed by atoms with Crippen LogP contribution in [0, 0.1) is 12.7 Å². The highest BCUT2D eigenvalue weighted by Gasteiger charge is 2.28. The minimum Gasteiger partial charge on any atom is -0.468 e. The molecule has 0 radical (unpaired) electrons. The number of hydrogen-bond donors (Lipinski definition) is 0. The molecule has 4 rings (SSSR count). The number of esters is 1. The molecule has 31 heavy (non-hydrogen) atoms. The Morgan fingerprint density at radius 3 is 2.23 bits per heavy atom. The summed E-state index contributed by atoms with van der Waals surface area (Å²) >= 11 is 0. The summed E-state index contributed by atoms with van der Waals surface area (Å²) < 4.78 is 20.6. The molecule has 0 atom stereocenters. The van der Waals surface area contributed by atoms with Crippen molar-refractivity contribution >= 4 is 11.8 Å². The van der Waals surface area contributed by atoms with Crippen molar-refractivity contribution < 1.29 is 13.9 Å². The number of piperazine rings is 1. The van der Waals surface area contributed by atoms with E-state index in [1.807, 2.05) is 24.3 Å². The van der Waals surface area contributed by atoms with Crippen molar-refractivity contribution in [1.82, 2.24) is 14.5 Å². The number of methoxy groups -OCH3 is 1. The second-order valence-electron chi connectivity index (χ2n) is 7.80. The van der Waals surface area contributed by atoms with Crippen molar-refractivity contribution in [2.75, 3.05) is 44.7 Å². The Kier molecular flexibility index (Phi) is 6.04. The molecule has 0 spiro atoms. The van der Waals surface area contributed by atoms with Gasteiger partial charge in [0.2, 0.25) is 0 Å². The van der Waals surface area contributed by atoms with Gasteiger partial charge in [-0.15, -0.1) is 0 Å². The smallest absolute Gasteiger partial charge is 0.319 e. The summed E-state index contributed by atoms with van der Waals surface area (Å²) in [7, 11) is 3.49. The van der Waals surface area contributed by atoms with Crippen molar-refractivity contribution in [3.63, 3.8) is 0 Å². The maximum absolute atomic E-state index is 13.6. The number of nitrogens with zero attached hydrogens (tertiary/aromatic N) is 4. The molecule has 0 aliphatic carbocycles. The largest absolute Gasteiger partial charge is 0.468 e. The van der Waals surface area contributed by atoms with Crippen molar-refractivity contribution in [3.05, 3.63) is 60.3 Å². The summed E-state index contributed by atoms with van der Waals surface area (Å²) in [6, 6.07) is 10.7. The average molecular weight is 423 g/mol. The van der Waals surface area contributed by atoms with E-state index in [0.717, 1.165) is 59.9 Å². The summed E-state index contributed by atoms with van der Waals surface area (Å²) in [4.78, 5) is 20.3. The van der Waals surface area contributed by atoms with Gasteiger partial charge in [-0.05, 0) is 42.3 Å². The van der Waals surface area contributed by atoms with Gasteiger partial charge in [0.15, 0.2) is 0 Å². The van der Waals surface area contributed by atoms with Crippen LogP contribution in [-0.2, 0) is 16.6 Å². The Balaban J connectivity index is 1.76. The van der Waals surface area contributed by atoms with Crippen LogP contribution in [0.5, 0.6) is 0 Å². The zero-order chi connectivity index (χ0) is 22.0. The Morgan fingerprint density at radius 2 is 1.61 bits per heavy atom. The fourth-order valence-electron chi connectivity index (χ4n) is 4.28. The lowest BCUT2D eigenvalue weighted by Crippen LogP contribution is -2.48. The number of halogens is 1. The first-order valence-corrected chi connectivity index (χ1v) is 10.4. The molecule has 1 aliphatic rings. The monoisotopic (exact) mass is 422 g/mol. The number of benzene rings is 1. The second-order valence-corrected chi connectivity index (χ2v) is 7.80. The molecular formula is C24H27FN4O2. The first-order chi connectivity index (χ1) is 15.0. The molecule has 0 saturated carbocycles. The van der Waals surface area contributed by atoms with E-state index in [4.69, 9.17) is 4.74 Å². The Morgan fingerprint density at radius 1 is 1.00 bits per heavy atom. The van der Waals surface area contributed by atoms with Crippen LogP contribution in [0.3, 0.4) is 0 Å². The van der Waals surface area contributed by atoms with Gasteiger partial charge in [0.05, 0.1) is 13.7 Å². The van der Waals surface area contributed by atoms with Gasteiger partial charge in [0.25, 0.3) is 0 Å². The quantitative estimate of drug-likeness (QED) is 0.589. The zero-order valence-corrected chi connectivity index (χ0v) is 18.1. The van der Waals surface area contributed by atoms with Crippen LogP contribution in [0.4, 0.5) is 10.2 Å². The average Bonchev–Trinajstić information content (AvgIpc) is 3.06. The van der Waals surface area contributed by atoms with Crippen LogP contribution in [0.25, 0.3) is 22.3 Å². The van der Waals surface area contributed by atoms with Gasteiger partial charge in [-0.25, -0.2) is 4.39 Å². The summed E-state index contributed by atoms with van der Waals surface area (Å²) in [6.07, 6.45) is 3.59. The summed E-state index contributed by atoms with van der Waals surface area (Å²) in [6.45, 7) is 5.57. The van der Waals surface area contributed by atoms with Crippen molar-refractivity contribution in [2.24, 2.45) is 7.05 Å². The summed E-state index contributed by atoms with van der Waals surface area (Å²) in [5.74, 6) is 0.671. The number of anilines is 1. The number of pyridine rings is 1. The highest BCUT2D eigenvalue weighted by atomic mass is 19.1. The van der Waals surface area contributed by atoms with Gasteiger partial charge in [-0.3, -0.25) is 14.7 Å². The maximum Gasteiger partial charge on any atom is 0.319 e. The number of hydrogen-bond acceptors (Lipinski definition) is 5.